The van der Waals surface area contributed by atoms with Crippen LogP contribution in [0.15, 0.2) is 48.5 Å². The number of nitrogens with one attached hydrogen (secondary N) is 1. The Morgan fingerprint density at radius 1 is 1.27 bits per heavy atom. The topological polar surface area (TPSA) is 73.2 Å². The van der Waals surface area contributed by atoms with E-state index in [1.165, 1.54) is 0 Å². The van der Waals surface area contributed by atoms with Crippen LogP contribution in [0.5, 0.6) is 0 Å². The van der Waals surface area contributed by atoms with E-state index in [1.807, 2.05) is 30.3 Å². The van der Waals surface area contributed by atoms with Crippen LogP contribution in [0.4, 0.5) is 5.69 Å². The van der Waals surface area contributed by atoms with Crippen molar-refractivity contribution in [2.24, 2.45) is 5.92 Å². The molecule has 1 N–H and O–H groups in total. The first-order valence-electron chi connectivity index (χ1n) is 8.38. The van der Waals surface area contributed by atoms with E-state index in [9.17, 15) is 9.59 Å². The van der Waals surface area contributed by atoms with Crippen molar-refractivity contribution in [3.8, 4) is 6.07 Å². The highest BCUT2D eigenvalue weighted by atomic mass is 35.5. The highest BCUT2D eigenvalue weighted by Gasteiger charge is 2.34. The predicted molar refractivity (Wildman–Crippen MR) is 99.6 cm³/mol. The van der Waals surface area contributed by atoms with Crippen molar-refractivity contribution in [3.63, 3.8) is 0 Å². The highest BCUT2D eigenvalue weighted by molar-refractivity contribution is 6.30. The molecule has 1 fully saturated rings. The number of likely N-dealkylation sites (tertiary alicyclic amines) is 1. The number of anilines is 1. The van der Waals surface area contributed by atoms with Gasteiger partial charge in [-0.15, -0.1) is 0 Å². The minimum absolute atomic E-state index is 0.00740. The first kappa shape index (κ1) is 18.0. The maximum atomic E-state index is 12.4. The smallest absolute Gasteiger partial charge is 0.229 e. The zero-order valence-electron chi connectivity index (χ0n) is 14.1. The fourth-order valence-corrected chi connectivity index (χ4v) is 3.21. The van der Waals surface area contributed by atoms with Gasteiger partial charge in [-0.05, 0) is 48.4 Å². The molecule has 1 saturated heterocycles. The maximum absolute atomic E-state index is 12.4. The van der Waals surface area contributed by atoms with E-state index in [0.717, 1.165) is 5.56 Å². The first-order chi connectivity index (χ1) is 12.5. The summed E-state index contributed by atoms with van der Waals surface area (Å²) < 4.78 is 0. The molecule has 26 heavy (non-hydrogen) atoms. The summed E-state index contributed by atoms with van der Waals surface area (Å²) in [4.78, 5) is 26.3. The molecule has 5 nitrogen and oxygen atoms in total. The second kappa shape index (κ2) is 8.03. The summed E-state index contributed by atoms with van der Waals surface area (Å²) in [7, 11) is 0. The summed E-state index contributed by atoms with van der Waals surface area (Å²) >= 11 is 5.98. The van der Waals surface area contributed by atoms with Crippen LogP contribution in [0.2, 0.25) is 5.02 Å². The van der Waals surface area contributed by atoms with E-state index < -0.39 is 0 Å². The minimum Gasteiger partial charge on any atom is -0.342 e. The van der Waals surface area contributed by atoms with Gasteiger partial charge in [-0.3, -0.25) is 9.59 Å². The monoisotopic (exact) mass is 367 g/mol. The van der Waals surface area contributed by atoms with Gasteiger partial charge in [0.25, 0.3) is 0 Å². The number of nitriles is 1. The third-order valence-electron chi connectivity index (χ3n) is 4.43. The van der Waals surface area contributed by atoms with Crippen LogP contribution in [-0.4, -0.2) is 29.8 Å². The van der Waals surface area contributed by atoms with Gasteiger partial charge in [-0.1, -0.05) is 23.7 Å². The van der Waals surface area contributed by atoms with Crippen LogP contribution < -0.4 is 5.32 Å². The third-order valence-corrected chi connectivity index (χ3v) is 4.66. The van der Waals surface area contributed by atoms with Crippen LogP contribution in [0, 0.1) is 17.2 Å². The van der Waals surface area contributed by atoms with E-state index in [-0.39, 0.29) is 24.2 Å². The standard InChI is InChI=1S/C20H18ClN3O2/c21-17-3-1-2-14(10-17)8-9-24-13-16(11-19(24)25)20(26)23-18-6-4-15(12-22)5-7-18/h1-7,10,16H,8-9,11,13H2,(H,23,26). The van der Waals surface area contributed by atoms with Crippen molar-refractivity contribution in [2.45, 2.75) is 12.8 Å². The van der Waals surface area contributed by atoms with Gasteiger partial charge in [0.05, 0.1) is 17.6 Å². The Morgan fingerprint density at radius 2 is 2.04 bits per heavy atom. The van der Waals surface area contributed by atoms with E-state index >= 15 is 0 Å². The Hall–Kier alpha value is -2.84. The Bertz CT molecular complexity index is 858. The largest absolute Gasteiger partial charge is 0.342 e. The Balaban J connectivity index is 1.54. The molecule has 1 atom stereocenters. The molecular formula is C20H18ClN3O2. The molecule has 3 rings (SSSR count). The van der Waals surface area contributed by atoms with Crippen molar-refractivity contribution in [3.05, 3.63) is 64.7 Å². The fourth-order valence-electron chi connectivity index (χ4n) is 2.99. The maximum Gasteiger partial charge on any atom is 0.229 e. The van der Waals surface area contributed by atoms with E-state index in [2.05, 4.69) is 5.32 Å². The fraction of sp³-hybridized carbons (Fsp3) is 0.250. The van der Waals surface area contributed by atoms with Crippen LogP contribution in [0.25, 0.3) is 0 Å². The molecule has 1 aliphatic rings. The SMILES string of the molecule is N#Cc1ccc(NC(=O)C2CC(=O)N(CCc3cccc(Cl)c3)C2)cc1. The molecular weight excluding hydrogens is 350 g/mol. The predicted octanol–water partition coefficient (Wildman–Crippen LogP) is 3.24. The number of benzene rings is 2. The van der Waals surface area contributed by atoms with Crippen LogP contribution in [0.3, 0.4) is 0 Å². The second-order valence-corrected chi connectivity index (χ2v) is 6.74. The Labute approximate surface area is 157 Å². The lowest BCUT2D eigenvalue weighted by Gasteiger charge is -2.16. The summed E-state index contributed by atoms with van der Waals surface area (Å²) in [5, 5.41) is 12.3. The van der Waals surface area contributed by atoms with E-state index in [4.69, 9.17) is 16.9 Å². The number of rotatable bonds is 5. The number of halogens is 1. The number of carbonyl (C=O) groups is 2. The van der Waals surface area contributed by atoms with Crippen molar-refractivity contribution in [1.29, 1.82) is 5.26 Å². The van der Waals surface area contributed by atoms with Gasteiger partial charge in [-0.2, -0.15) is 5.26 Å². The molecule has 1 heterocycles. The van der Waals surface area contributed by atoms with Gasteiger partial charge < -0.3 is 10.2 Å². The zero-order chi connectivity index (χ0) is 18.5. The highest BCUT2D eigenvalue weighted by Crippen LogP contribution is 2.21. The summed E-state index contributed by atoms with van der Waals surface area (Å²) in [5.74, 6) is -0.544. The lowest BCUT2D eigenvalue weighted by atomic mass is 10.1. The lowest BCUT2D eigenvalue weighted by Crippen LogP contribution is -2.30. The summed E-state index contributed by atoms with van der Waals surface area (Å²) in [5.41, 5.74) is 2.22. The lowest BCUT2D eigenvalue weighted by molar-refractivity contribution is -0.128. The molecule has 1 aliphatic heterocycles. The molecule has 0 saturated carbocycles. The first-order valence-corrected chi connectivity index (χ1v) is 8.76. The molecule has 0 spiro atoms. The Kier molecular flexibility index (Phi) is 5.55. The van der Waals surface area contributed by atoms with Crippen LogP contribution >= 0.6 is 11.6 Å². The number of amides is 2. The van der Waals surface area contributed by atoms with Gasteiger partial charge >= 0.3 is 0 Å². The van der Waals surface area contributed by atoms with Crippen LogP contribution in [-0.2, 0) is 16.0 Å². The normalized spacial score (nSPS) is 16.4. The van der Waals surface area contributed by atoms with Gasteiger partial charge in [0.2, 0.25) is 11.8 Å². The van der Waals surface area contributed by atoms with Crippen molar-refractivity contribution in [1.82, 2.24) is 4.90 Å². The molecule has 132 valence electrons. The molecule has 0 aliphatic carbocycles. The summed E-state index contributed by atoms with van der Waals surface area (Å²) in [6, 6.07) is 16.3. The summed E-state index contributed by atoms with van der Waals surface area (Å²) in [6.45, 7) is 0.987. The number of nitrogens with zero attached hydrogens (tertiary/aromatic N) is 2. The van der Waals surface area contributed by atoms with Crippen molar-refractivity contribution >= 4 is 29.1 Å². The van der Waals surface area contributed by atoms with E-state index in [0.29, 0.717) is 35.8 Å². The van der Waals surface area contributed by atoms with E-state index in [1.54, 1.807) is 29.2 Å². The second-order valence-electron chi connectivity index (χ2n) is 6.30. The van der Waals surface area contributed by atoms with Gasteiger partial charge in [-0.25, -0.2) is 0 Å². The summed E-state index contributed by atoms with van der Waals surface area (Å²) in [6.07, 6.45) is 0.925. The van der Waals surface area contributed by atoms with Gasteiger partial charge in [0, 0.05) is 30.2 Å². The molecule has 2 amide bonds. The average molecular weight is 368 g/mol. The number of hydrogen-bond donors (Lipinski definition) is 1. The molecule has 1 unspecified atom stereocenters. The quantitative estimate of drug-likeness (QED) is 0.881. The minimum atomic E-state index is -0.363. The zero-order valence-corrected chi connectivity index (χ0v) is 14.9. The average Bonchev–Trinajstić information content (AvgIpc) is 3.02. The molecule has 2 aromatic carbocycles. The Morgan fingerprint density at radius 3 is 2.73 bits per heavy atom. The molecule has 0 bridgehead atoms. The van der Waals surface area contributed by atoms with Gasteiger partial charge in [0.15, 0.2) is 0 Å². The molecule has 2 aromatic rings. The molecule has 0 aromatic heterocycles. The van der Waals surface area contributed by atoms with Crippen molar-refractivity contribution in [2.75, 3.05) is 18.4 Å². The van der Waals surface area contributed by atoms with Crippen molar-refractivity contribution < 1.29 is 9.59 Å². The number of carbonyl (C=O) groups excluding carboxylic acids is 2. The van der Waals surface area contributed by atoms with Crippen LogP contribution in [0.1, 0.15) is 17.5 Å². The molecule has 0 radical (unpaired) electrons. The third kappa shape index (κ3) is 4.41. The molecule has 6 heteroatoms. The van der Waals surface area contributed by atoms with Gasteiger partial charge in [0.1, 0.15) is 0 Å². The number of hydrogen-bond acceptors (Lipinski definition) is 3.